The molecule has 0 unspecified atom stereocenters. The maximum absolute atomic E-state index is 12.4. The zero-order valence-electron chi connectivity index (χ0n) is 12.3. The van der Waals surface area contributed by atoms with E-state index in [0.29, 0.717) is 21.8 Å². The van der Waals surface area contributed by atoms with Crippen LogP contribution in [0.2, 0.25) is 0 Å². The maximum atomic E-state index is 12.4. The summed E-state index contributed by atoms with van der Waals surface area (Å²) in [6.45, 7) is 7.33. The minimum atomic E-state index is -3.72. The Labute approximate surface area is 132 Å². The summed E-state index contributed by atoms with van der Waals surface area (Å²) in [5, 5.41) is 3.68. The summed E-state index contributed by atoms with van der Waals surface area (Å²) in [6, 6.07) is 5.56. The molecule has 1 heterocycles. The van der Waals surface area contributed by atoms with E-state index in [0.717, 1.165) is 5.56 Å². The zero-order chi connectivity index (χ0) is 15.8. The molecule has 0 fully saturated rings. The van der Waals surface area contributed by atoms with E-state index in [4.69, 9.17) is 4.52 Å². The fraction of sp³-hybridized carbons (Fsp3) is 0.357. The van der Waals surface area contributed by atoms with Gasteiger partial charge in [0.1, 0.15) is 5.69 Å². The monoisotopic (exact) mass is 372 g/mol. The average Bonchev–Trinajstić information content (AvgIpc) is 2.71. The van der Waals surface area contributed by atoms with Gasteiger partial charge in [0.2, 0.25) is 0 Å². The Morgan fingerprint density at radius 2 is 1.95 bits per heavy atom. The van der Waals surface area contributed by atoms with Crippen molar-refractivity contribution in [2.75, 3.05) is 4.72 Å². The minimum absolute atomic E-state index is 0.0855. The molecule has 5 nitrogen and oxygen atoms in total. The molecule has 2 aromatic rings. The van der Waals surface area contributed by atoms with Gasteiger partial charge >= 0.3 is 0 Å². The van der Waals surface area contributed by atoms with E-state index in [1.54, 1.807) is 19.9 Å². The summed E-state index contributed by atoms with van der Waals surface area (Å²) in [5.41, 5.74) is 1.96. The van der Waals surface area contributed by atoms with Crippen molar-refractivity contribution in [3.8, 4) is 0 Å². The number of anilines is 1. The molecule has 0 aliphatic rings. The van der Waals surface area contributed by atoms with Crippen molar-refractivity contribution >= 4 is 31.6 Å². The summed E-state index contributed by atoms with van der Waals surface area (Å²) < 4.78 is 33.1. The van der Waals surface area contributed by atoms with Gasteiger partial charge in [-0.05, 0) is 53.4 Å². The van der Waals surface area contributed by atoms with E-state index in [2.05, 4.69) is 39.7 Å². The van der Waals surface area contributed by atoms with Crippen molar-refractivity contribution < 1.29 is 12.9 Å². The lowest BCUT2D eigenvalue weighted by atomic mass is 10.0. The average molecular weight is 373 g/mol. The fourth-order valence-corrected chi connectivity index (χ4v) is 4.07. The molecular formula is C14H17BrN2O3S. The number of aryl methyl sites for hydroxylation is 2. The van der Waals surface area contributed by atoms with Gasteiger partial charge in [-0.3, -0.25) is 4.72 Å². The van der Waals surface area contributed by atoms with Crippen LogP contribution in [0, 0.1) is 13.8 Å². The van der Waals surface area contributed by atoms with Gasteiger partial charge in [0.05, 0.1) is 5.69 Å². The van der Waals surface area contributed by atoms with Crippen LogP contribution in [0.3, 0.4) is 0 Å². The number of sulfonamides is 1. The van der Waals surface area contributed by atoms with Crippen LogP contribution in [0.4, 0.5) is 5.69 Å². The molecule has 0 saturated heterocycles. The summed E-state index contributed by atoms with van der Waals surface area (Å²) in [4.78, 5) is 0.0855. The van der Waals surface area contributed by atoms with Gasteiger partial charge in [-0.25, -0.2) is 8.42 Å². The molecule has 0 spiro atoms. The summed E-state index contributed by atoms with van der Waals surface area (Å²) in [7, 11) is -3.72. The first-order valence-corrected chi connectivity index (χ1v) is 8.75. The summed E-state index contributed by atoms with van der Waals surface area (Å²) in [6.07, 6.45) is 0. The molecular weight excluding hydrogens is 356 g/mol. The standard InChI is InChI=1S/C14H17BrN2O3S/c1-8(2)11-5-6-13(12(15)7-11)17-21(18,19)14-9(3)16-20-10(14)4/h5-8,17H,1-4H3. The molecule has 0 radical (unpaired) electrons. The van der Waals surface area contributed by atoms with Crippen LogP contribution in [-0.4, -0.2) is 13.6 Å². The smallest absolute Gasteiger partial charge is 0.267 e. The number of nitrogens with one attached hydrogen (secondary N) is 1. The number of benzene rings is 1. The Morgan fingerprint density at radius 3 is 2.43 bits per heavy atom. The molecule has 0 saturated carbocycles. The molecule has 2 rings (SSSR count). The third-order valence-electron chi connectivity index (χ3n) is 3.14. The Kier molecular flexibility index (Phi) is 4.43. The summed E-state index contributed by atoms with van der Waals surface area (Å²) >= 11 is 3.40. The van der Waals surface area contributed by atoms with Crippen molar-refractivity contribution in [2.24, 2.45) is 0 Å². The first kappa shape index (κ1) is 16.0. The molecule has 0 atom stereocenters. The van der Waals surface area contributed by atoms with Gasteiger partial charge < -0.3 is 4.52 Å². The van der Waals surface area contributed by atoms with E-state index in [-0.39, 0.29) is 10.7 Å². The van der Waals surface area contributed by atoms with Crippen molar-refractivity contribution in [1.29, 1.82) is 0 Å². The van der Waals surface area contributed by atoms with Crippen LogP contribution in [0.15, 0.2) is 32.1 Å². The van der Waals surface area contributed by atoms with E-state index in [9.17, 15) is 8.42 Å². The quantitative estimate of drug-likeness (QED) is 0.880. The van der Waals surface area contributed by atoms with E-state index in [1.165, 1.54) is 0 Å². The van der Waals surface area contributed by atoms with Gasteiger partial charge in [-0.1, -0.05) is 25.1 Å². The van der Waals surface area contributed by atoms with Gasteiger partial charge in [0.25, 0.3) is 10.0 Å². The molecule has 1 aromatic heterocycles. The largest absolute Gasteiger partial charge is 0.360 e. The molecule has 0 bridgehead atoms. The lowest BCUT2D eigenvalue weighted by Gasteiger charge is -2.12. The second kappa shape index (κ2) is 5.81. The van der Waals surface area contributed by atoms with Crippen molar-refractivity contribution in [3.05, 3.63) is 39.7 Å². The zero-order valence-corrected chi connectivity index (χ0v) is 14.7. The van der Waals surface area contributed by atoms with Crippen molar-refractivity contribution in [2.45, 2.75) is 38.5 Å². The molecule has 0 amide bonds. The molecule has 21 heavy (non-hydrogen) atoms. The fourth-order valence-electron chi connectivity index (χ4n) is 2.03. The van der Waals surface area contributed by atoms with Crippen molar-refractivity contribution in [3.63, 3.8) is 0 Å². The second-order valence-electron chi connectivity index (χ2n) is 5.15. The minimum Gasteiger partial charge on any atom is -0.360 e. The number of nitrogens with zero attached hydrogens (tertiary/aromatic N) is 1. The number of hydrogen-bond donors (Lipinski definition) is 1. The highest BCUT2D eigenvalue weighted by molar-refractivity contribution is 9.10. The van der Waals surface area contributed by atoms with E-state index in [1.807, 2.05) is 12.1 Å². The van der Waals surface area contributed by atoms with Gasteiger partial charge in [-0.15, -0.1) is 0 Å². The predicted molar refractivity (Wildman–Crippen MR) is 85.0 cm³/mol. The number of rotatable bonds is 4. The SMILES string of the molecule is Cc1noc(C)c1S(=O)(=O)Nc1ccc(C(C)C)cc1Br. The Hall–Kier alpha value is -1.34. The van der Waals surface area contributed by atoms with Gasteiger partial charge in [0.15, 0.2) is 10.7 Å². The highest BCUT2D eigenvalue weighted by Crippen LogP contribution is 2.30. The van der Waals surface area contributed by atoms with Crippen LogP contribution in [0.1, 0.15) is 36.8 Å². The molecule has 1 aromatic carbocycles. The Morgan fingerprint density at radius 1 is 1.29 bits per heavy atom. The molecule has 0 aliphatic heterocycles. The first-order chi connectivity index (χ1) is 9.72. The predicted octanol–water partition coefficient (Wildman–Crippen LogP) is 3.98. The van der Waals surface area contributed by atoms with Crippen molar-refractivity contribution in [1.82, 2.24) is 5.16 Å². The number of halogens is 1. The molecule has 114 valence electrons. The maximum Gasteiger partial charge on any atom is 0.267 e. The van der Waals surface area contributed by atoms with Crippen LogP contribution in [0.5, 0.6) is 0 Å². The third kappa shape index (κ3) is 3.29. The summed E-state index contributed by atoms with van der Waals surface area (Å²) in [5.74, 6) is 0.643. The first-order valence-electron chi connectivity index (χ1n) is 6.47. The molecule has 7 heteroatoms. The lowest BCUT2D eigenvalue weighted by Crippen LogP contribution is -2.15. The van der Waals surface area contributed by atoms with Crippen LogP contribution < -0.4 is 4.72 Å². The topological polar surface area (TPSA) is 72.2 Å². The Bertz CT molecular complexity index is 747. The molecule has 0 aliphatic carbocycles. The molecule has 1 N–H and O–H groups in total. The number of hydrogen-bond acceptors (Lipinski definition) is 4. The van der Waals surface area contributed by atoms with Gasteiger partial charge in [0, 0.05) is 4.47 Å². The van der Waals surface area contributed by atoms with Crippen LogP contribution in [0.25, 0.3) is 0 Å². The lowest BCUT2D eigenvalue weighted by molar-refractivity contribution is 0.390. The van der Waals surface area contributed by atoms with Gasteiger partial charge in [-0.2, -0.15) is 0 Å². The third-order valence-corrected chi connectivity index (χ3v) is 5.41. The normalized spacial score (nSPS) is 11.9. The van der Waals surface area contributed by atoms with E-state index >= 15 is 0 Å². The Balaban J connectivity index is 2.38. The van der Waals surface area contributed by atoms with Crippen LogP contribution >= 0.6 is 15.9 Å². The van der Waals surface area contributed by atoms with E-state index < -0.39 is 10.0 Å². The number of aromatic nitrogens is 1. The van der Waals surface area contributed by atoms with Crippen LogP contribution in [-0.2, 0) is 10.0 Å². The second-order valence-corrected chi connectivity index (χ2v) is 7.63. The highest BCUT2D eigenvalue weighted by atomic mass is 79.9. The highest BCUT2D eigenvalue weighted by Gasteiger charge is 2.24.